The molecule has 2 saturated heterocycles. The Morgan fingerprint density at radius 3 is 2.44 bits per heavy atom. The SMILES string of the molecule is O=C1CCCC(=O)N1N1C(=O)/C(=C/c2csc(-c3ccccc3)n2)SC1=S. The van der Waals surface area contributed by atoms with Gasteiger partial charge in [0.1, 0.15) is 5.01 Å². The third-order valence-corrected chi connectivity index (χ3v) is 6.24. The molecule has 3 heterocycles. The van der Waals surface area contributed by atoms with E-state index in [9.17, 15) is 14.4 Å². The zero-order valence-electron chi connectivity index (χ0n) is 14.0. The molecule has 0 radical (unpaired) electrons. The normalized spacial score (nSPS) is 19.5. The van der Waals surface area contributed by atoms with E-state index in [0.717, 1.165) is 32.4 Å². The van der Waals surface area contributed by atoms with Gasteiger partial charge in [0.15, 0.2) is 4.32 Å². The average Bonchev–Trinajstić information content (AvgIpc) is 3.23. The lowest BCUT2D eigenvalue weighted by atomic mass is 10.1. The molecule has 2 aliphatic heterocycles. The lowest BCUT2D eigenvalue weighted by Crippen LogP contribution is -2.53. The number of aromatic nitrogens is 1. The predicted octanol–water partition coefficient (Wildman–Crippen LogP) is 3.47. The van der Waals surface area contributed by atoms with Gasteiger partial charge in [0.2, 0.25) is 11.8 Å². The number of thiocarbonyl (C=S) groups is 1. The first kappa shape index (κ1) is 18.0. The number of carbonyl (C=O) groups is 3. The summed E-state index contributed by atoms with van der Waals surface area (Å²) in [5, 5.41) is 4.60. The third-order valence-electron chi connectivity index (χ3n) is 4.05. The summed E-state index contributed by atoms with van der Waals surface area (Å²) in [6.07, 6.45) is 2.60. The van der Waals surface area contributed by atoms with Crippen molar-refractivity contribution in [3.63, 3.8) is 0 Å². The topological polar surface area (TPSA) is 70.6 Å². The van der Waals surface area contributed by atoms with Crippen LogP contribution in [0.5, 0.6) is 0 Å². The van der Waals surface area contributed by atoms with Crippen LogP contribution in [0.3, 0.4) is 0 Å². The van der Waals surface area contributed by atoms with E-state index in [0.29, 0.717) is 17.0 Å². The highest BCUT2D eigenvalue weighted by atomic mass is 32.2. The van der Waals surface area contributed by atoms with Gasteiger partial charge in [0.25, 0.3) is 5.91 Å². The molecule has 0 saturated carbocycles. The van der Waals surface area contributed by atoms with Crippen LogP contribution >= 0.6 is 35.3 Å². The molecule has 0 bridgehead atoms. The van der Waals surface area contributed by atoms with Crippen LogP contribution in [0.1, 0.15) is 25.0 Å². The third kappa shape index (κ3) is 3.45. The number of imide groups is 1. The van der Waals surface area contributed by atoms with Crippen LogP contribution in [0.25, 0.3) is 16.6 Å². The number of rotatable bonds is 3. The largest absolute Gasteiger partial charge is 0.285 e. The minimum atomic E-state index is -0.470. The first-order chi connectivity index (χ1) is 13.0. The van der Waals surface area contributed by atoms with E-state index in [1.54, 1.807) is 6.08 Å². The van der Waals surface area contributed by atoms with E-state index in [1.807, 2.05) is 35.7 Å². The monoisotopic (exact) mass is 415 g/mol. The van der Waals surface area contributed by atoms with Crippen LogP contribution in [0, 0.1) is 0 Å². The zero-order valence-corrected chi connectivity index (χ0v) is 16.4. The molecule has 2 fully saturated rings. The predicted molar refractivity (Wildman–Crippen MR) is 108 cm³/mol. The highest BCUT2D eigenvalue weighted by Crippen LogP contribution is 2.35. The molecule has 0 spiro atoms. The van der Waals surface area contributed by atoms with Gasteiger partial charge in [-0.05, 0) is 24.7 Å². The van der Waals surface area contributed by atoms with Gasteiger partial charge in [-0.15, -0.1) is 11.3 Å². The Balaban J connectivity index is 1.59. The summed E-state index contributed by atoms with van der Waals surface area (Å²) in [6.45, 7) is 0. The molecule has 0 N–H and O–H groups in total. The Bertz CT molecular complexity index is 968. The fourth-order valence-electron chi connectivity index (χ4n) is 2.80. The van der Waals surface area contributed by atoms with E-state index in [-0.39, 0.29) is 17.2 Å². The van der Waals surface area contributed by atoms with Gasteiger partial charge in [-0.2, -0.15) is 10.0 Å². The Morgan fingerprint density at radius 2 is 1.74 bits per heavy atom. The maximum atomic E-state index is 12.8. The molecule has 0 aliphatic carbocycles. The van der Waals surface area contributed by atoms with Crippen LogP contribution in [-0.2, 0) is 14.4 Å². The molecule has 2 aliphatic rings. The molecule has 6 nitrogen and oxygen atoms in total. The Labute approximate surface area is 168 Å². The highest BCUT2D eigenvalue weighted by Gasteiger charge is 2.42. The molecule has 0 atom stereocenters. The van der Waals surface area contributed by atoms with Gasteiger partial charge in [-0.1, -0.05) is 42.1 Å². The van der Waals surface area contributed by atoms with Crippen molar-refractivity contribution in [3.05, 3.63) is 46.3 Å². The van der Waals surface area contributed by atoms with Gasteiger partial charge in [0, 0.05) is 23.8 Å². The summed E-state index contributed by atoms with van der Waals surface area (Å²) in [7, 11) is 0. The number of nitrogens with zero attached hydrogens (tertiary/aromatic N) is 3. The van der Waals surface area contributed by atoms with Gasteiger partial charge >= 0.3 is 0 Å². The highest BCUT2D eigenvalue weighted by molar-refractivity contribution is 8.26. The van der Waals surface area contributed by atoms with Crippen molar-refractivity contribution in [1.82, 2.24) is 15.0 Å². The summed E-state index contributed by atoms with van der Waals surface area (Å²) in [5.41, 5.74) is 1.63. The lowest BCUT2D eigenvalue weighted by molar-refractivity contribution is -0.166. The van der Waals surface area contributed by atoms with Gasteiger partial charge in [-0.3, -0.25) is 14.4 Å². The van der Waals surface area contributed by atoms with E-state index in [2.05, 4.69) is 4.98 Å². The van der Waals surface area contributed by atoms with Crippen LogP contribution in [0.4, 0.5) is 0 Å². The summed E-state index contributed by atoms with van der Waals surface area (Å²) in [4.78, 5) is 41.9. The Morgan fingerprint density at radius 1 is 1.04 bits per heavy atom. The van der Waals surface area contributed by atoms with Gasteiger partial charge < -0.3 is 0 Å². The number of amides is 3. The number of thioether (sulfide) groups is 1. The molecule has 9 heteroatoms. The van der Waals surface area contributed by atoms with E-state index in [1.165, 1.54) is 11.3 Å². The number of thiazole rings is 1. The van der Waals surface area contributed by atoms with Crippen LogP contribution in [0.15, 0.2) is 40.6 Å². The van der Waals surface area contributed by atoms with Crippen molar-refractivity contribution in [1.29, 1.82) is 0 Å². The van der Waals surface area contributed by atoms with Crippen molar-refractivity contribution in [3.8, 4) is 10.6 Å². The Kier molecular flexibility index (Phi) is 4.90. The summed E-state index contributed by atoms with van der Waals surface area (Å²) in [5.74, 6) is -1.27. The Hall–Kier alpha value is -2.36. The molecule has 27 heavy (non-hydrogen) atoms. The van der Waals surface area contributed by atoms with Crippen molar-refractivity contribution < 1.29 is 14.4 Å². The summed E-state index contributed by atoms with van der Waals surface area (Å²) in [6, 6.07) is 9.75. The smallest absolute Gasteiger partial charge is 0.273 e. The first-order valence-corrected chi connectivity index (χ1v) is 10.3. The maximum Gasteiger partial charge on any atom is 0.285 e. The molecule has 0 unspecified atom stereocenters. The van der Waals surface area contributed by atoms with Crippen molar-refractivity contribution >= 4 is 63.4 Å². The number of hydrogen-bond acceptors (Lipinski definition) is 7. The number of piperidine rings is 1. The van der Waals surface area contributed by atoms with Crippen LogP contribution in [0.2, 0.25) is 0 Å². The molecule has 4 rings (SSSR count). The average molecular weight is 416 g/mol. The molecular weight excluding hydrogens is 402 g/mol. The fourth-order valence-corrected chi connectivity index (χ4v) is 4.81. The molecule has 3 amide bonds. The maximum absolute atomic E-state index is 12.8. The van der Waals surface area contributed by atoms with Crippen LogP contribution in [-0.4, -0.2) is 37.0 Å². The molecule has 1 aromatic carbocycles. The summed E-state index contributed by atoms with van der Waals surface area (Å²) < 4.78 is 0.174. The van der Waals surface area contributed by atoms with Crippen LogP contribution < -0.4 is 0 Å². The minimum Gasteiger partial charge on any atom is -0.273 e. The standard InChI is InChI=1S/C18H13N3O3S3/c22-14-7-4-8-15(23)20(14)21-17(24)13(27-18(21)25)9-12-10-26-16(19-12)11-5-2-1-3-6-11/h1-3,5-6,9-10H,4,7-8H2/b13-9-. The number of hydrazine groups is 1. The van der Waals surface area contributed by atoms with Crippen molar-refractivity contribution in [2.24, 2.45) is 0 Å². The molecule has 2 aromatic rings. The number of carbonyl (C=O) groups excluding carboxylic acids is 3. The second-order valence-corrected chi connectivity index (χ2v) is 8.42. The van der Waals surface area contributed by atoms with E-state index in [4.69, 9.17) is 12.2 Å². The minimum absolute atomic E-state index is 0.174. The fraction of sp³-hybridized carbons (Fsp3) is 0.167. The zero-order chi connectivity index (χ0) is 19.0. The number of benzene rings is 1. The number of hydrogen-bond donors (Lipinski definition) is 0. The molecule has 1 aromatic heterocycles. The van der Waals surface area contributed by atoms with Crippen molar-refractivity contribution in [2.75, 3.05) is 0 Å². The second kappa shape index (κ2) is 7.34. The first-order valence-electron chi connectivity index (χ1n) is 8.19. The van der Waals surface area contributed by atoms with Crippen molar-refractivity contribution in [2.45, 2.75) is 19.3 Å². The van der Waals surface area contributed by atoms with E-state index >= 15 is 0 Å². The van der Waals surface area contributed by atoms with Gasteiger partial charge in [-0.25, -0.2) is 4.98 Å². The van der Waals surface area contributed by atoms with Gasteiger partial charge in [0.05, 0.1) is 10.6 Å². The molecular formula is C18H13N3O3S3. The van der Waals surface area contributed by atoms with E-state index < -0.39 is 17.7 Å². The lowest BCUT2D eigenvalue weighted by Gasteiger charge is -2.31. The quantitative estimate of drug-likeness (QED) is 0.434. The second-order valence-electron chi connectivity index (χ2n) is 5.89. The summed E-state index contributed by atoms with van der Waals surface area (Å²) >= 11 is 7.79. The molecule has 136 valence electrons.